The highest BCUT2D eigenvalue weighted by Crippen LogP contribution is 2.10. The third-order valence-corrected chi connectivity index (χ3v) is 1.49. The number of carbonyl (C=O) groups is 1. The number of aromatic carboxylic acids is 1. The number of halogens is 1. The number of rotatable bonds is 1. The third-order valence-electron chi connectivity index (χ3n) is 0.906. The molecule has 0 atom stereocenters. The van der Waals surface area contributed by atoms with E-state index in [-0.39, 0.29) is 10.2 Å². The molecule has 52 valence electrons. The van der Waals surface area contributed by atoms with Crippen LogP contribution in [0.25, 0.3) is 0 Å². The fourth-order valence-electron chi connectivity index (χ4n) is 0.474. The summed E-state index contributed by atoms with van der Waals surface area (Å²) in [5.74, 6) is -1.01. The Morgan fingerprint density at radius 1 is 1.70 bits per heavy atom. The summed E-state index contributed by atoms with van der Waals surface area (Å²) in [5, 5.41) is 15.4. The molecule has 0 bridgehead atoms. The van der Waals surface area contributed by atoms with Gasteiger partial charge in [0.15, 0.2) is 0 Å². The van der Waals surface area contributed by atoms with Gasteiger partial charge in [0.25, 0.3) is 0 Å². The number of aromatic nitrogens is 2. The molecule has 5 heteroatoms. The zero-order valence-electron chi connectivity index (χ0n) is 4.78. The van der Waals surface area contributed by atoms with Gasteiger partial charge >= 0.3 is 5.97 Å². The standard InChI is InChI=1S/C5H3BrN2O2/c6-4-3(5(9)10)1-2-7-8-4/h1-2H,(H,9,10). The molecule has 0 saturated heterocycles. The van der Waals surface area contributed by atoms with E-state index in [1.807, 2.05) is 0 Å². The van der Waals surface area contributed by atoms with Crippen LogP contribution in [-0.4, -0.2) is 21.3 Å². The van der Waals surface area contributed by atoms with Crippen molar-refractivity contribution in [1.82, 2.24) is 10.2 Å². The maximum atomic E-state index is 10.3. The monoisotopic (exact) mass is 202 g/mol. The summed E-state index contributed by atoms with van der Waals surface area (Å²) < 4.78 is 0.252. The highest BCUT2D eigenvalue weighted by molar-refractivity contribution is 9.10. The molecule has 1 aromatic heterocycles. The van der Waals surface area contributed by atoms with Crippen LogP contribution in [0.5, 0.6) is 0 Å². The topological polar surface area (TPSA) is 63.1 Å². The molecule has 10 heavy (non-hydrogen) atoms. The van der Waals surface area contributed by atoms with Crippen molar-refractivity contribution in [3.63, 3.8) is 0 Å². The Balaban J connectivity index is 3.15. The van der Waals surface area contributed by atoms with Gasteiger partial charge in [0.1, 0.15) is 4.60 Å². The van der Waals surface area contributed by atoms with Gasteiger partial charge in [0, 0.05) is 0 Å². The summed E-state index contributed by atoms with van der Waals surface area (Å²) in [6, 6.07) is 1.37. The van der Waals surface area contributed by atoms with Gasteiger partial charge in [-0.05, 0) is 22.0 Å². The lowest BCUT2D eigenvalue weighted by Gasteiger charge is -1.92. The van der Waals surface area contributed by atoms with E-state index in [9.17, 15) is 4.79 Å². The van der Waals surface area contributed by atoms with E-state index in [0.29, 0.717) is 0 Å². The molecule has 0 unspecified atom stereocenters. The Morgan fingerprint density at radius 2 is 2.40 bits per heavy atom. The van der Waals surface area contributed by atoms with Gasteiger partial charge in [-0.25, -0.2) is 4.79 Å². The summed E-state index contributed by atoms with van der Waals surface area (Å²) in [6.45, 7) is 0. The molecule has 4 nitrogen and oxygen atoms in total. The summed E-state index contributed by atoms with van der Waals surface area (Å²) in [6.07, 6.45) is 1.33. The quantitative estimate of drug-likeness (QED) is 0.737. The molecule has 0 saturated carbocycles. The molecular weight excluding hydrogens is 200 g/mol. The highest BCUT2D eigenvalue weighted by Gasteiger charge is 2.06. The van der Waals surface area contributed by atoms with Gasteiger partial charge in [-0.3, -0.25) is 0 Å². The normalized spacial score (nSPS) is 9.30. The van der Waals surface area contributed by atoms with Crippen LogP contribution in [0.2, 0.25) is 0 Å². The highest BCUT2D eigenvalue weighted by atomic mass is 79.9. The molecule has 0 fully saturated rings. The Morgan fingerprint density at radius 3 is 2.80 bits per heavy atom. The van der Waals surface area contributed by atoms with Crippen LogP contribution >= 0.6 is 15.9 Å². The molecule has 1 N–H and O–H groups in total. The van der Waals surface area contributed by atoms with E-state index in [1.54, 1.807) is 0 Å². The molecule has 0 amide bonds. The van der Waals surface area contributed by atoms with E-state index in [0.717, 1.165) is 0 Å². The average molecular weight is 203 g/mol. The van der Waals surface area contributed by atoms with Crippen LogP contribution < -0.4 is 0 Å². The smallest absolute Gasteiger partial charge is 0.338 e. The molecule has 0 radical (unpaired) electrons. The van der Waals surface area contributed by atoms with Gasteiger partial charge in [0.05, 0.1) is 11.8 Å². The third kappa shape index (κ3) is 1.30. The fourth-order valence-corrected chi connectivity index (χ4v) is 0.867. The number of nitrogens with zero attached hydrogens (tertiary/aromatic N) is 2. The van der Waals surface area contributed by atoms with E-state index >= 15 is 0 Å². The molecule has 0 aliphatic heterocycles. The first-order valence-electron chi connectivity index (χ1n) is 2.42. The van der Waals surface area contributed by atoms with Crippen molar-refractivity contribution in [1.29, 1.82) is 0 Å². The first kappa shape index (κ1) is 7.14. The number of carboxylic acid groups (broad SMARTS) is 1. The second-order valence-electron chi connectivity index (χ2n) is 1.54. The minimum atomic E-state index is -1.01. The fraction of sp³-hybridized carbons (Fsp3) is 0. The van der Waals surface area contributed by atoms with Gasteiger partial charge in [0.2, 0.25) is 0 Å². The summed E-state index contributed by atoms with van der Waals surface area (Å²) in [5.41, 5.74) is 0.120. The second-order valence-corrected chi connectivity index (χ2v) is 2.29. The van der Waals surface area contributed by atoms with Crippen LogP contribution in [0, 0.1) is 0 Å². The summed E-state index contributed by atoms with van der Waals surface area (Å²) in [7, 11) is 0. The van der Waals surface area contributed by atoms with Crippen molar-refractivity contribution < 1.29 is 9.90 Å². The Kier molecular flexibility index (Phi) is 1.96. The zero-order valence-corrected chi connectivity index (χ0v) is 6.37. The number of hydrogen-bond acceptors (Lipinski definition) is 3. The maximum absolute atomic E-state index is 10.3. The van der Waals surface area contributed by atoms with E-state index in [4.69, 9.17) is 5.11 Å². The first-order valence-corrected chi connectivity index (χ1v) is 3.21. The predicted molar refractivity (Wildman–Crippen MR) is 36.7 cm³/mol. The van der Waals surface area contributed by atoms with Crippen molar-refractivity contribution in [3.8, 4) is 0 Å². The molecule has 0 aliphatic carbocycles. The maximum Gasteiger partial charge on any atom is 0.338 e. The molecule has 0 aromatic carbocycles. The molecule has 1 heterocycles. The van der Waals surface area contributed by atoms with Gasteiger partial charge < -0.3 is 5.11 Å². The molecule has 0 spiro atoms. The second kappa shape index (κ2) is 2.74. The first-order chi connectivity index (χ1) is 4.72. The van der Waals surface area contributed by atoms with Crippen molar-refractivity contribution in [2.24, 2.45) is 0 Å². The van der Waals surface area contributed by atoms with Crippen molar-refractivity contribution in [2.45, 2.75) is 0 Å². The molecule has 1 aromatic rings. The van der Waals surface area contributed by atoms with Crippen molar-refractivity contribution in [3.05, 3.63) is 22.4 Å². The van der Waals surface area contributed by atoms with E-state index in [2.05, 4.69) is 26.1 Å². The van der Waals surface area contributed by atoms with Crippen molar-refractivity contribution in [2.75, 3.05) is 0 Å². The Labute approximate surface area is 65.0 Å². The Hall–Kier alpha value is -0.970. The Bertz CT molecular complexity index is 264. The predicted octanol–water partition coefficient (Wildman–Crippen LogP) is 0.937. The van der Waals surface area contributed by atoms with Gasteiger partial charge in [-0.2, -0.15) is 5.10 Å². The van der Waals surface area contributed by atoms with Gasteiger partial charge in [-0.1, -0.05) is 0 Å². The van der Waals surface area contributed by atoms with Gasteiger partial charge in [-0.15, -0.1) is 5.10 Å². The molecular formula is C5H3BrN2O2. The van der Waals surface area contributed by atoms with Crippen LogP contribution in [0.15, 0.2) is 16.9 Å². The van der Waals surface area contributed by atoms with E-state index in [1.165, 1.54) is 12.3 Å². The van der Waals surface area contributed by atoms with Crippen LogP contribution in [-0.2, 0) is 0 Å². The zero-order chi connectivity index (χ0) is 7.56. The van der Waals surface area contributed by atoms with Crippen LogP contribution in [0.3, 0.4) is 0 Å². The average Bonchev–Trinajstić information content (AvgIpc) is 1.88. The molecule has 0 aliphatic rings. The summed E-state index contributed by atoms with van der Waals surface area (Å²) in [4.78, 5) is 10.3. The number of carboxylic acids is 1. The minimum Gasteiger partial charge on any atom is -0.478 e. The summed E-state index contributed by atoms with van der Waals surface area (Å²) >= 11 is 2.94. The van der Waals surface area contributed by atoms with Crippen LogP contribution in [0.4, 0.5) is 0 Å². The lowest BCUT2D eigenvalue weighted by molar-refractivity contribution is 0.0695. The number of hydrogen-bond donors (Lipinski definition) is 1. The SMILES string of the molecule is O=C(O)c1ccnnc1Br. The lowest BCUT2D eigenvalue weighted by atomic mass is 10.3. The lowest BCUT2D eigenvalue weighted by Crippen LogP contribution is -1.99. The van der Waals surface area contributed by atoms with Crippen molar-refractivity contribution >= 4 is 21.9 Å². The van der Waals surface area contributed by atoms with E-state index < -0.39 is 5.97 Å². The minimum absolute atomic E-state index is 0.120. The molecule has 1 rings (SSSR count). The van der Waals surface area contributed by atoms with Crippen LogP contribution in [0.1, 0.15) is 10.4 Å². The largest absolute Gasteiger partial charge is 0.478 e.